The average molecular weight is 595 g/mol. The number of ether oxygens (including phenoxy) is 2. The van der Waals surface area contributed by atoms with Crippen molar-refractivity contribution in [3.63, 3.8) is 0 Å². The molecule has 42 heavy (non-hydrogen) atoms. The van der Waals surface area contributed by atoms with E-state index in [0.29, 0.717) is 43.5 Å². The highest BCUT2D eigenvalue weighted by Crippen LogP contribution is 2.34. The van der Waals surface area contributed by atoms with Crippen molar-refractivity contribution >= 4 is 45.8 Å². The summed E-state index contributed by atoms with van der Waals surface area (Å²) < 4.78 is 13.5. The SMILES string of the molecule is CCOC(=O)C1=C(C)N=c2s/c(=C\c3cccc(OCc4cccc5ccccc45)c3)c(=O)n2[C@H]1c1ccccc1Cl. The summed E-state index contributed by atoms with van der Waals surface area (Å²) in [5.41, 5.74) is 3.07. The van der Waals surface area contributed by atoms with Gasteiger partial charge in [0.05, 0.1) is 22.4 Å². The number of halogens is 1. The van der Waals surface area contributed by atoms with Gasteiger partial charge < -0.3 is 9.47 Å². The Morgan fingerprint density at radius 2 is 1.79 bits per heavy atom. The van der Waals surface area contributed by atoms with Crippen LogP contribution < -0.4 is 19.6 Å². The van der Waals surface area contributed by atoms with Crippen molar-refractivity contribution in [1.29, 1.82) is 0 Å². The molecule has 1 atom stereocenters. The molecule has 0 radical (unpaired) electrons. The first-order valence-corrected chi connectivity index (χ1v) is 14.8. The molecule has 6 rings (SSSR count). The number of benzene rings is 4. The van der Waals surface area contributed by atoms with Crippen molar-refractivity contribution in [3.8, 4) is 5.75 Å². The Morgan fingerprint density at radius 1 is 1.02 bits per heavy atom. The summed E-state index contributed by atoms with van der Waals surface area (Å²) in [6.45, 7) is 4.12. The van der Waals surface area contributed by atoms with Gasteiger partial charge in [0.2, 0.25) is 0 Å². The van der Waals surface area contributed by atoms with Crippen LogP contribution in [0.2, 0.25) is 5.02 Å². The molecule has 1 aromatic heterocycles. The van der Waals surface area contributed by atoms with Gasteiger partial charge in [-0.2, -0.15) is 0 Å². The number of aromatic nitrogens is 1. The van der Waals surface area contributed by atoms with Crippen LogP contribution in [-0.2, 0) is 16.1 Å². The Kier molecular flexibility index (Phi) is 7.78. The molecule has 5 aromatic rings. The molecule has 0 unspecified atom stereocenters. The average Bonchev–Trinajstić information content (AvgIpc) is 3.29. The van der Waals surface area contributed by atoms with Gasteiger partial charge in [0.1, 0.15) is 18.4 Å². The highest BCUT2D eigenvalue weighted by atomic mass is 35.5. The van der Waals surface area contributed by atoms with Crippen molar-refractivity contribution in [2.75, 3.05) is 6.61 Å². The zero-order valence-electron chi connectivity index (χ0n) is 23.0. The van der Waals surface area contributed by atoms with Gasteiger partial charge in [0.25, 0.3) is 5.56 Å². The van der Waals surface area contributed by atoms with E-state index in [1.54, 1.807) is 19.9 Å². The zero-order valence-corrected chi connectivity index (χ0v) is 24.6. The van der Waals surface area contributed by atoms with Gasteiger partial charge in [0.15, 0.2) is 4.80 Å². The molecule has 0 bridgehead atoms. The van der Waals surface area contributed by atoms with Crippen LogP contribution in [0.15, 0.2) is 112 Å². The molecule has 6 nitrogen and oxygen atoms in total. The van der Waals surface area contributed by atoms with Crippen molar-refractivity contribution in [2.24, 2.45) is 4.99 Å². The van der Waals surface area contributed by atoms with Gasteiger partial charge in [-0.15, -0.1) is 0 Å². The van der Waals surface area contributed by atoms with E-state index in [1.165, 1.54) is 21.3 Å². The lowest BCUT2D eigenvalue weighted by molar-refractivity contribution is -0.139. The molecule has 0 aliphatic carbocycles. The first-order chi connectivity index (χ1) is 20.4. The summed E-state index contributed by atoms with van der Waals surface area (Å²) in [6.07, 6.45) is 1.82. The predicted octanol–water partition coefficient (Wildman–Crippen LogP) is 6.18. The molecule has 8 heteroatoms. The summed E-state index contributed by atoms with van der Waals surface area (Å²) in [5, 5.41) is 2.77. The van der Waals surface area contributed by atoms with Crippen molar-refractivity contribution in [2.45, 2.75) is 26.5 Å². The first kappa shape index (κ1) is 27.7. The standard InChI is InChI=1S/C34H27ClN2O4S/c1-3-40-33(39)30-21(2)36-34-37(31(30)27-16-6-7-17-28(27)35)32(38)29(42-34)19-22-10-8-14-25(18-22)41-20-24-13-9-12-23-11-4-5-15-26(23)24/h4-19,31H,3,20H2,1-2H3/b29-19-/t31-/m0/s1. The van der Waals surface area contributed by atoms with E-state index in [9.17, 15) is 9.59 Å². The fourth-order valence-corrected chi connectivity index (χ4v) is 6.49. The third kappa shape index (κ3) is 5.29. The lowest BCUT2D eigenvalue weighted by atomic mass is 9.96. The van der Waals surface area contributed by atoms with Gasteiger partial charge in [-0.25, -0.2) is 9.79 Å². The molecule has 1 aliphatic heterocycles. The van der Waals surface area contributed by atoms with Gasteiger partial charge >= 0.3 is 5.97 Å². The van der Waals surface area contributed by atoms with Crippen LogP contribution in [0.4, 0.5) is 0 Å². The quantitative estimate of drug-likeness (QED) is 0.211. The maximum absolute atomic E-state index is 13.9. The van der Waals surface area contributed by atoms with E-state index in [0.717, 1.165) is 16.5 Å². The number of nitrogens with zero attached hydrogens (tertiary/aromatic N) is 2. The van der Waals surface area contributed by atoms with Gasteiger partial charge in [-0.05, 0) is 65.6 Å². The second-order valence-electron chi connectivity index (χ2n) is 9.82. The minimum atomic E-state index is -0.758. The summed E-state index contributed by atoms with van der Waals surface area (Å²) in [7, 11) is 0. The second kappa shape index (κ2) is 11.8. The van der Waals surface area contributed by atoms with Crippen molar-refractivity contribution in [3.05, 3.63) is 144 Å². The third-order valence-corrected chi connectivity index (χ3v) is 8.47. The monoisotopic (exact) mass is 594 g/mol. The number of carbonyl (C=O) groups excluding carboxylic acids is 1. The molecule has 0 saturated carbocycles. The molecular formula is C34H27ClN2O4S. The fraction of sp³-hybridized carbons (Fsp3) is 0.147. The van der Waals surface area contributed by atoms with E-state index in [1.807, 2.05) is 66.7 Å². The van der Waals surface area contributed by atoms with Gasteiger partial charge in [-0.3, -0.25) is 9.36 Å². The number of hydrogen-bond acceptors (Lipinski definition) is 6. The van der Waals surface area contributed by atoms with Gasteiger partial charge in [-0.1, -0.05) is 95.7 Å². The van der Waals surface area contributed by atoms with Crippen LogP contribution in [0.3, 0.4) is 0 Å². The normalized spacial score (nSPS) is 14.9. The van der Waals surface area contributed by atoms with Crippen LogP contribution in [-0.4, -0.2) is 17.1 Å². The minimum absolute atomic E-state index is 0.203. The maximum Gasteiger partial charge on any atom is 0.338 e. The van der Waals surface area contributed by atoms with E-state index < -0.39 is 12.0 Å². The minimum Gasteiger partial charge on any atom is -0.489 e. The number of carbonyl (C=O) groups is 1. The zero-order chi connectivity index (χ0) is 29.2. The smallest absolute Gasteiger partial charge is 0.338 e. The van der Waals surface area contributed by atoms with Crippen LogP contribution in [0, 0.1) is 0 Å². The van der Waals surface area contributed by atoms with Crippen LogP contribution in [0.5, 0.6) is 5.75 Å². The number of fused-ring (bicyclic) bond motifs is 2. The number of rotatable bonds is 7. The van der Waals surface area contributed by atoms with Crippen molar-refractivity contribution < 1.29 is 14.3 Å². The summed E-state index contributed by atoms with van der Waals surface area (Å²) in [4.78, 5) is 32.1. The lowest BCUT2D eigenvalue weighted by Crippen LogP contribution is -2.40. The Hall–Kier alpha value is -4.46. The second-order valence-corrected chi connectivity index (χ2v) is 11.2. The molecule has 2 heterocycles. The molecule has 4 aromatic carbocycles. The topological polar surface area (TPSA) is 69.9 Å². The molecule has 0 fully saturated rings. The highest BCUT2D eigenvalue weighted by molar-refractivity contribution is 7.07. The van der Waals surface area contributed by atoms with Crippen LogP contribution >= 0.6 is 22.9 Å². The Balaban J connectivity index is 1.37. The lowest BCUT2D eigenvalue weighted by Gasteiger charge is -2.25. The van der Waals surface area contributed by atoms with E-state index in [-0.39, 0.29) is 12.2 Å². The van der Waals surface area contributed by atoms with E-state index in [4.69, 9.17) is 21.1 Å². The van der Waals surface area contributed by atoms with E-state index in [2.05, 4.69) is 29.3 Å². The molecule has 0 saturated heterocycles. The number of allylic oxidation sites excluding steroid dienone is 1. The molecular weight excluding hydrogens is 568 g/mol. The van der Waals surface area contributed by atoms with Crippen LogP contribution in [0.25, 0.3) is 16.8 Å². The molecule has 0 amide bonds. The first-order valence-electron chi connectivity index (χ1n) is 13.6. The number of thiazole rings is 1. The highest BCUT2D eigenvalue weighted by Gasteiger charge is 2.34. The summed E-state index contributed by atoms with van der Waals surface area (Å²) in [6, 6.07) is 28.5. The fourth-order valence-electron chi connectivity index (χ4n) is 5.21. The molecule has 1 aliphatic rings. The Morgan fingerprint density at radius 3 is 2.62 bits per heavy atom. The summed E-state index contributed by atoms with van der Waals surface area (Å²) >= 11 is 7.86. The van der Waals surface area contributed by atoms with Crippen LogP contribution in [0.1, 0.15) is 36.6 Å². The maximum atomic E-state index is 13.9. The Labute approximate surface area is 251 Å². The predicted molar refractivity (Wildman–Crippen MR) is 167 cm³/mol. The van der Waals surface area contributed by atoms with Crippen molar-refractivity contribution in [1.82, 2.24) is 4.57 Å². The summed E-state index contributed by atoms with van der Waals surface area (Å²) in [5.74, 6) is 0.174. The molecule has 0 N–H and O–H groups in total. The Bertz CT molecular complexity index is 2040. The number of esters is 1. The number of hydrogen-bond donors (Lipinski definition) is 0. The van der Waals surface area contributed by atoms with Gasteiger partial charge in [0, 0.05) is 5.02 Å². The molecule has 210 valence electrons. The molecule has 0 spiro atoms. The third-order valence-electron chi connectivity index (χ3n) is 7.15. The largest absolute Gasteiger partial charge is 0.489 e. The van der Waals surface area contributed by atoms with E-state index >= 15 is 0 Å².